The maximum atomic E-state index is 14.7. The van der Waals surface area contributed by atoms with Crippen LogP contribution in [0.3, 0.4) is 0 Å². The molecule has 4 rings (SSSR count). The van der Waals surface area contributed by atoms with Crippen molar-refractivity contribution in [1.29, 1.82) is 0 Å². The number of carbonyl (C=O) groups excluding carboxylic acids is 2. The molecule has 2 aliphatic rings. The molecule has 0 radical (unpaired) electrons. The lowest BCUT2D eigenvalue weighted by atomic mass is 10.1. The molecule has 1 amide bonds. The molecule has 0 aromatic carbocycles. The van der Waals surface area contributed by atoms with Gasteiger partial charge in [-0.15, -0.1) is 5.10 Å². The van der Waals surface area contributed by atoms with Gasteiger partial charge in [0.05, 0.1) is 41.6 Å². The van der Waals surface area contributed by atoms with Gasteiger partial charge in [0.15, 0.2) is 11.6 Å². The average Bonchev–Trinajstić information content (AvgIpc) is 3.39. The average molecular weight is 528 g/mol. The van der Waals surface area contributed by atoms with Crippen molar-refractivity contribution in [2.45, 2.75) is 12.5 Å². The van der Waals surface area contributed by atoms with Gasteiger partial charge in [-0.2, -0.15) is 0 Å². The number of nitrogens with two attached hydrogens (primary N) is 4. The molecule has 14 nitrogen and oxygen atoms in total. The number of ether oxygens (including phenoxy) is 1. The Balaban J connectivity index is 1.45. The van der Waals surface area contributed by atoms with Gasteiger partial charge in [-0.05, 0) is 6.08 Å². The molecule has 9 N–H and O–H groups in total. The molecule has 1 fully saturated rings. The monoisotopic (exact) mass is 527 g/mol. The van der Waals surface area contributed by atoms with Crippen molar-refractivity contribution in [3.8, 4) is 0 Å². The van der Waals surface area contributed by atoms with E-state index in [0.29, 0.717) is 25.5 Å². The molecule has 15 heteroatoms. The first kappa shape index (κ1) is 26.4. The largest absolute Gasteiger partial charge is 0.501 e. The maximum absolute atomic E-state index is 14.7. The number of amides is 1. The summed E-state index contributed by atoms with van der Waals surface area (Å²) in [6.07, 6.45) is 10.8. The Morgan fingerprint density at radius 2 is 1.97 bits per heavy atom. The van der Waals surface area contributed by atoms with Crippen molar-refractivity contribution in [1.82, 2.24) is 24.8 Å². The molecule has 2 aromatic rings. The SMILES string of the molecule is COC1=CC=CC(N(N)/C(=N\N)N2CCN(C(=O)C(=O)c3c[nH]c4c(N(N)/C=C\N)ncc(F)c34)CC2)C1. The molecule has 0 saturated carbocycles. The second-order valence-corrected chi connectivity index (χ2v) is 8.57. The summed E-state index contributed by atoms with van der Waals surface area (Å²) in [5, 5.41) is 6.29. The van der Waals surface area contributed by atoms with Gasteiger partial charge in [-0.1, -0.05) is 12.2 Å². The number of carbonyl (C=O) groups is 2. The number of nitrogens with zero attached hydrogens (tertiary/aromatic N) is 6. The molecule has 0 spiro atoms. The van der Waals surface area contributed by atoms with Crippen LogP contribution >= 0.6 is 0 Å². The van der Waals surface area contributed by atoms with Gasteiger partial charge in [-0.25, -0.2) is 21.1 Å². The molecule has 0 bridgehead atoms. The molecule has 3 heterocycles. The summed E-state index contributed by atoms with van der Waals surface area (Å²) in [7, 11) is 1.59. The normalized spacial score (nSPS) is 18.2. The summed E-state index contributed by atoms with van der Waals surface area (Å²) in [5.41, 5.74) is 5.39. The molecule has 1 aliphatic carbocycles. The summed E-state index contributed by atoms with van der Waals surface area (Å²) in [4.78, 5) is 36.2. The summed E-state index contributed by atoms with van der Waals surface area (Å²) < 4.78 is 20.0. The van der Waals surface area contributed by atoms with E-state index in [4.69, 9.17) is 28.0 Å². The lowest BCUT2D eigenvalue weighted by molar-refractivity contribution is -0.127. The molecular formula is C23H30FN11O3. The number of nitrogens with one attached hydrogen (secondary N) is 1. The van der Waals surface area contributed by atoms with Gasteiger partial charge < -0.3 is 31.1 Å². The van der Waals surface area contributed by atoms with Gasteiger partial charge in [0.1, 0.15) is 0 Å². The van der Waals surface area contributed by atoms with E-state index in [9.17, 15) is 14.0 Å². The fourth-order valence-electron chi connectivity index (χ4n) is 4.44. The predicted octanol–water partition coefficient (Wildman–Crippen LogP) is -0.597. The standard InChI is InChI=1S/C23H30FN11O3/c1-38-15-4-2-3-14(11-15)35(28)23(31-26)33-9-7-32(8-10-33)22(37)20(36)16-12-29-19-18(16)17(24)13-30-21(19)34(27)6-5-25/h2-6,12-14,29H,7-11,25-28H2,1H3/b6-5-,31-23-. The fourth-order valence-corrected chi connectivity index (χ4v) is 4.44. The van der Waals surface area contributed by atoms with Gasteiger partial charge in [0.25, 0.3) is 11.7 Å². The molecule has 1 unspecified atom stereocenters. The first-order valence-electron chi connectivity index (χ1n) is 11.7. The number of guanidine groups is 1. The second kappa shape index (κ2) is 11.2. The van der Waals surface area contributed by atoms with Gasteiger partial charge in [0.2, 0.25) is 5.96 Å². The smallest absolute Gasteiger partial charge is 0.295 e. The van der Waals surface area contributed by atoms with Crippen molar-refractivity contribution in [2.24, 2.45) is 28.4 Å². The van der Waals surface area contributed by atoms with Gasteiger partial charge >= 0.3 is 0 Å². The quantitative estimate of drug-likeness (QED) is 0.0802. The first-order valence-corrected chi connectivity index (χ1v) is 11.7. The molecule has 38 heavy (non-hydrogen) atoms. The van der Waals surface area contributed by atoms with E-state index >= 15 is 0 Å². The number of hydrazone groups is 1. The first-order chi connectivity index (χ1) is 18.3. The van der Waals surface area contributed by atoms with E-state index in [1.165, 1.54) is 28.5 Å². The third-order valence-corrected chi connectivity index (χ3v) is 6.41. The predicted molar refractivity (Wildman–Crippen MR) is 139 cm³/mol. The molecule has 202 valence electrons. The Kier molecular flexibility index (Phi) is 7.78. The van der Waals surface area contributed by atoms with Crippen molar-refractivity contribution >= 4 is 34.4 Å². The minimum absolute atomic E-state index is 0.0887. The highest BCUT2D eigenvalue weighted by molar-refractivity contribution is 6.45. The summed E-state index contributed by atoms with van der Waals surface area (Å²) >= 11 is 0. The summed E-state index contributed by atoms with van der Waals surface area (Å²) in [6, 6.07) is -0.223. The van der Waals surface area contributed by atoms with Crippen LogP contribution in [0, 0.1) is 5.82 Å². The van der Waals surface area contributed by atoms with E-state index in [1.54, 1.807) is 7.11 Å². The third-order valence-electron chi connectivity index (χ3n) is 6.41. The number of aromatic nitrogens is 2. The highest BCUT2D eigenvalue weighted by atomic mass is 19.1. The maximum Gasteiger partial charge on any atom is 0.295 e. The summed E-state index contributed by atoms with van der Waals surface area (Å²) in [5.74, 6) is 16.7. The number of pyridine rings is 1. The molecule has 1 saturated heterocycles. The van der Waals surface area contributed by atoms with E-state index < -0.39 is 17.5 Å². The number of rotatable bonds is 6. The van der Waals surface area contributed by atoms with Crippen LogP contribution in [0.25, 0.3) is 10.9 Å². The number of piperazine rings is 1. The van der Waals surface area contributed by atoms with Crippen molar-refractivity contribution in [3.63, 3.8) is 0 Å². The molecular weight excluding hydrogens is 497 g/mol. The van der Waals surface area contributed by atoms with Crippen LogP contribution < -0.4 is 28.3 Å². The number of Topliss-reactive ketones (excluding diaryl/α,β-unsaturated/α-hetero) is 1. The number of ketones is 1. The zero-order valence-corrected chi connectivity index (χ0v) is 20.7. The minimum atomic E-state index is -0.863. The van der Waals surface area contributed by atoms with Crippen molar-refractivity contribution < 1.29 is 18.7 Å². The highest BCUT2D eigenvalue weighted by Crippen LogP contribution is 2.28. The van der Waals surface area contributed by atoms with Crippen molar-refractivity contribution in [2.75, 3.05) is 38.3 Å². The van der Waals surface area contributed by atoms with Gasteiger partial charge in [0, 0.05) is 51.2 Å². The van der Waals surface area contributed by atoms with E-state index in [2.05, 4.69) is 15.1 Å². The van der Waals surface area contributed by atoms with E-state index in [1.807, 2.05) is 23.1 Å². The number of hydrogen-bond donors (Lipinski definition) is 5. The number of fused-ring (bicyclic) bond motifs is 1. The lowest BCUT2D eigenvalue weighted by Crippen LogP contribution is -2.59. The van der Waals surface area contributed by atoms with Crippen LogP contribution in [0.5, 0.6) is 0 Å². The van der Waals surface area contributed by atoms with Crippen LogP contribution in [-0.4, -0.2) is 81.8 Å². The fraction of sp³-hybridized carbons (Fsp3) is 0.304. The molecule has 1 atom stereocenters. The Bertz CT molecular complexity index is 1330. The number of hydrogen-bond acceptors (Lipinski definition) is 10. The third kappa shape index (κ3) is 4.96. The Morgan fingerprint density at radius 1 is 1.26 bits per heavy atom. The second-order valence-electron chi connectivity index (χ2n) is 8.57. The van der Waals surface area contributed by atoms with Gasteiger partial charge in [-0.3, -0.25) is 19.6 Å². The number of hydrazine groups is 2. The van der Waals surface area contributed by atoms with E-state index in [-0.39, 0.29) is 41.4 Å². The minimum Gasteiger partial charge on any atom is -0.501 e. The van der Waals surface area contributed by atoms with Crippen LogP contribution in [-0.2, 0) is 9.53 Å². The van der Waals surface area contributed by atoms with Crippen LogP contribution in [0.4, 0.5) is 10.2 Å². The number of allylic oxidation sites excluding steroid dienone is 2. The van der Waals surface area contributed by atoms with Crippen LogP contribution in [0.2, 0.25) is 0 Å². The number of halogens is 1. The Morgan fingerprint density at radius 3 is 2.63 bits per heavy atom. The number of H-pyrrole nitrogens is 1. The Labute approximate surface area is 217 Å². The highest BCUT2D eigenvalue weighted by Gasteiger charge is 2.32. The van der Waals surface area contributed by atoms with E-state index in [0.717, 1.165) is 17.0 Å². The summed E-state index contributed by atoms with van der Waals surface area (Å²) in [6.45, 7) is 1.07. The van der Waals surface area contributed by atoms with Crippen molar-refractivity contribution in [3.05, 3.63) is 60.2 Å². The number of aromatic amines is 1. The topological polar surface area (TPSA) is 201 Å². The molecule has 1 aliphatic heterocycles. The molecule has 2 aromatic heterocycles. The zero-order valence-electron chi connectivity index (χ0n) is 20.7. The number of methoxy groups -OCH3 is 1. The zero-order chi connectivity index (χ0) is 27.4. The van der Waals surface area contributed by atoms with Crippen LogP contribution in [0.1, 0.15) is 16.8 Å². The lowest BCUT2D eigenvalue weighted by Gasteiger charge is -2.40. The number of anilines is 1. The Hall–Kier alpha value is -4.63. The van der Waals surface area contributed by atoms with Crippen LogP contribution in [0.15, 0.2) is 53.9 Å².